The summed E-state index contributed by atoms with van der Waals surface area (Å²) in [7, 11) is 3.94. The van der Waals surface area contributed by atoms with Gasteiger partial charge >= 0.3 is 0 Å². The lowest BCUT2D eigenvalue weighted by molar-refractivity contribution is -0.121. The van der Waals surface area contributed by atoms with Crippen molar-refractivity contribution in [3.05, 3.63) is 35.9 Å². The van der Waals surface area contributed by atoms with Crippen LogP contribution in [0.2, 0.25) is 0 Å². The van der Waals surface area contributed by atoms with E-state index in [0.717, 1.165) is 31.8 Å². The summed E-state index contributed by atoms with van der Waals surface area (Å²) < 4.78 is 0. The van der Waals surface area contributed by atoms with Gasteiger partial charge < -0.3 is 15.5 Å². The highest BCUT2D eigenvalue weighted by Crippen LogP contribution is 2.18. The second kappa shape index (κ2) is 8.41. The molecule has 0 bridgehead atoms. The molecule has 0 heterocycles. The molecule has 0 aliphatic heterocycles. The Morgan fingerprint density at radius 1 is 1.27 bits per heavy atom. The van der Waals surface area contributed by atoms with Crippen molar-refractivity contribution in [1.29, 1.82) is 0 Å². The number of nitrogens with one attached hydrogen (secondary N) is 2. The van der Waals surface area contributed by atoms with Crippen LogP contribution in [0.25, 0.3) is 0 Å². The van der Waals surface area contributed by atoms with Crippen LogP contribution in [0.15, 0.2) is 35.3 Å². The molecular weight excluding hydrogens is 276 g/mol. The SMILES string of the molecule is CN(C)C(=NCc1ccccc1)NCCCC(=O)NC1CC1. The highest BCUT2D eigenvalue weighted by Gasteiger charge is 2.22. The van der Waals surface area contributed by atoms with Crippen molar-refractivity contribution in [3.63, 3.8) is 0 Å². The van der Waals surface area contributed by atoms with Crippen molar-refractivity contribution in [2.75, 3.05) is 20.6 Å². The van der Waals surface area contributed by atoms with Crippen LogP contribution in [0.5, 0.6) is 0 Å². The number of hydrogen-bond donors (Lipinski definition) is 2. The number of carbonyl (C=O) groups is 1. The third-order valence-corrected chi connectivity index (χ3v) is 3.48. The topological polar surface area (TPSA) is 56.7 Å². The molecule has 0 unspecified atom stereocenters. The Morgan fingerprint density at radius 2 is 2.00 bits per heavy atom. The molecule has 120 valence electrons. The molecule has 1 aromatic rings. The van der Waals surface area contributed by atoms with Crippen LogP contribution in [0.4, 0.5) is 0 Å². The molecule has 2 N–H and O–H groups in total. The summed E-state index contributed by atoms with van der Waals surface area (Å²) in [6, 6.07) is 10.6. The number of nitrogens with zero attached hydrogens (tertiary/aromatic N) is 2. The first-order valence-electron chi connectivity index (χ1n) is 7.94. The largest absolute Gasteiger partial charge is 0.356 e. The molecule has 0 radical (unpaired) electrons. The summed E-state index contributed by atoms with van der Waals surface area (Å²) in [4.78, 5) is 18.2. The zero-order chi connectivity index (χ0) is 15.8. The average molecular weight is 302 g/mol. The van der Waals surface area contributed by atoms with Crippen molar-refractivity contribution in [3.8, 4) is 0 Å². The van der Waals surface area contributed by atoms with Crippen LogP contribution < -0.4 is 10.6 Å². The fourth-order valence-corrected chi connectivity index (χ4v) is 2.08. The summed E-state index contributed by atoms with van der Waals surface area (Å²) in [6.07, 6.45) is 3.67. The van der Waals surface area contributed by atoms with E-state index < -0.39 is 0 Å². The first-order valence-corrected chi connectivity index (χ1v) is 7.94. The van der Waals surface area contributed by atoms with Gasteiger partial charge in [-0.25, -0.2) is 4.99 Å². The molecule has 2 rings (SSSR count). The Kier molecular flexibility index (Phi) is 6.25. The molecule has 1 aliphatic rings. The second-order valence-corrected chi connectivity index (χ2v) is 5.89. The highest BCUT2D eigenvalue weighted by atomic mass is 16.1. The van der Waals surface area contributed by atoms with Gasteiger partial charge in [-0.1, -0.05) is 30.3 Å². The molecule has 0 atom stereocenters. The quantitative estimate of drug-likeness (QED) is 0.458. The molecular formula is C17H26N4O. The van der Waals surface area contributed by atoms with Crippen LogP contribution in [0, 0.1) is 0 Å². The van der Waals surface area contributed by atoms with Gasteiger partial charge in [-0.2, -0.15) is 0 Å². The number of guanidine groups is 1. The van der Waals surface area contributed by atoms with Crippen molar-refractivity contribution >= 4 is 11.9 Å². The molecule has 1 aromatic carbocycles. The number of carbonyl (C=O) groups excluding carboxylic acids is 1. The van der Waals surface area contributed by atoms with Gasteiger partial charge in [0.2, 0.25) is 5.91 Å². The molecule has 1 fully saturated rings. The Hall–Kier alpha value is -2.04. The standard InChI is InChI=1S/C17H26N4O/c1-21(2)17(19-13-14-7-4-3-5-8-14)18-12-6-9-16(22)20-15-10-11-15/h3-5,7-8,15H,6,9-13H2,1-2H3,(H,18,19)(H,20,22). The summed E-state index contributed by atoms with van der Waals surface area (Å²) in [5, 5.41) is 6.31. The first-order chi connectivity index (χ1) is 10.6. The Balaban J connectivity index is 1.70. The number of rotatable bonds is 7. The van der Waals surface area contributed by atoms with Gasteiger partial charge in [-0.3, -0.25) is 4.79 Å². The Morgan fingerprint density at radius 3 is 2.64 bits per heavy atom. The van der Waals surface area contributed by atoms with Crippen LogP contribution in [0.3, 0.4) is 0 Å². The predicted molar refractivity (Wildman–Crippen MR) is 89.7 cm³/mol. The van der Waals surface area contributed by atoms with Gasteiger partial charge in [-0.05, 0) is 24.8 Å². The predicted octanol–water partition coefficient (Wildman–Crippen LogP) is 1.75. The van der Waals surface area contributed by atoms with E-state index in [1.54, 1.807) is 0 Å². The Labute approximate surface area is 132 Å². The lowest BCUT2D eigenvalue weighted by atomic mass is 10.2. The van der Waals surface area contributed by atoms with Crippen LogP contribution in [-0.2, 0) is 11.3 Å². The van der Waals surface area contributed by atoms with Crippen LogP contribution >= 0.6 is 0 Å². The third-order valence-electron chi connectivity index (χ3n) is 3.48. The molecule has 22 heavy (non-hydrogen) atoms. The minimum absolute atomic E-state index is 0.164. The first kappa shape index (κ1) is 16.3. The molecule has 1 aliphatic carbocycles. The molecule has 5 nitrogen and oxygen atoms in total. The van der Waals surface area contributed by atoms with Crippen LogP contribution in [-0.4, -0.2) is 43.4 Å². The van der Waals surface area contributed by atoms with Gasteiger partial charge in [0.05, 0.1) is 6.54 Å². The molecule has 0 spiro atoms. The van der Waals surface area contributed by atoms with E-state index in [1.807, 2.05) is 37.2 Å². The third kappa shape index (κ3) is 6.16. The highest BCUT2D eigenvalue weighted by molar-refractivity contribution is 5.79. The lowest BCUT2D eigenvalue weighted by Crippen LogP contribution is -2.37. The fraction of sp³-hybridized carbons (Fsp3) is 0.529. The minimum atomic E-state index is 0.164. The van der Waals surface area contributed by atoms with E-state index in [-0.39, 0.29) is 5.91 Å². The Bertz CT molecular complexity index is 495. The van der Waals surface area contributed by atoms with Crippen molar-refractivity contribution in [2.45, 2.75) is 38.3 Å². The van der Waals surface area contributed by atoms with E-state index in [9.17, 15) is 4.79 Å². The smallest absolute Gasteiger partial charge is 0.220 e. The summed E-state index contributed by atoms with van der Waals surface area (Å²) in [5.74, 6) is 1.02. The van der Waals surface area contributed by atoms with E-state index in [4.69, 9.17) is 0 Å². The maximum Gasteiger partial charge on any atom is 0.220 e. The maximum atomic E-state index is 11.6. The number of benzene rings is 1. The number of hydrogen-bond acceptors (Lipinski definition) is 2. The molecule has 1 amide bonds. The number of aliphatic imine (C=N–C) groups is 1. The maximum absolute atomic E-state index is 11.6. The van der Waals surface area contributed by atoms with Gasteiger partial charge in [-0.15, -0.1) is 0 Å². The van der Waals surface area contributed by atoms with E-state index in [1.165, 1.54) is 5.56 Å². The summed E-state index contributed by atoms with van der Waals surface area (Å²) in [6.45, 7) is 1.41. The zero-order valence-electron chi connectivity index (χ0n) is 13.5. The van der Waals surface area contributed by atoms with Crippen LogP contribution in [0.1, 0.15) is 31.2 Å². The summed E-state index contributed by atoms with van der Waals surface area (Å²) in [5.41, 5.74) is 1.19. The fourth-order valence-electron chi connectivity index (χ4n) is 2.08. The second-order valence-electron chi connectivity index (χ2n) is 5.89. The van der Waals surface area contributed by atoms with Crippen molar-refractivity contribution in [2.24, 2.45) is 4.99 Å². The van der Waals surface area contributed by atoms with Gasteiger partial charge in [0.25, 0.3) is 0 Å². The molecule has 5 heteroatoms. The normalized spacial score (nSPS) is 14.5. The zero-order valence-corrected chi connectivity index (χ0v) is 13.5. The lowest BCUT2D eigenvalue weighted by Gasteiger charge is -2.17. The summed E-state index contributed by atoms with van der Waals surface area (Å²) >= 11 is 0. The molecule has 0 saturated heterocycles. The molecule has 0 aromatic heterocycles. The van der Waals surface area contributed by atoms with E-state index in [0.29, 0.717) is 19.0 Å². The average Bonchev–Trinajstić information content (AvgIpc) is 3.31. The van der Waals surface area contributed by atoms with E-state index in [2.05, 4.69) is 27.8 Å². The van der Waals surface area contributed by atoms with Gasteiger partial charge in [0.15, 0.2) is 5.96 Å². The van der Waals surface area contributed by atoms with Crippen molar-refractivity contribution < 1.29 is 4.79 Å². The van der Waals surface area contributed by atoms with Gasteiger partial charge in [0, 0.05) is 33.1 Å². The van der Waals surface area contributed by atoms with Gasteiger partial charge in [0.1, 0.15) is 0 Å². The number of amides is 1. The minimum Gasteiger partial charge on any atom is -0.356 e. The monoisotopic (exact) mass is 302 g/mol. The van der Waals surface area contributed by atoms with E-state index >= 15 is 0 Å². The van der Waals surface area contributed by atoms with Crippen molar-refractivity contribution in [1.82, 2.24) is 15.5 Å². The molecule has 1 saturated carbocycles.